The second kappa shape index (κ2) is 7.40. The van der Waals surface area contributed by atoms with Crippen LogP contribution in [0.1, 0.15) is 12.8 Å². The third kappa shape index (κ3) is 5.12. The van der Waals surface area contributed by atoms with E-state index in [1.54, 1.807) is 0 Å². The summed E-state index contributed by atoms with van der Waals surface area (Å²) in [5.41, 5.74) is 0.0939. The molecule has 5 nitrogen and oxygen atoms in total. The normalized spacial score (nSPS) is 10.8. The molecule has 0 saturated carbocycles. The van der Waals surface area contributed by atoms with Gasteiger partial charge in [-0.2, -0.15) is 0 Å². The summed E-state index contributed by atoms with van der Waals surface area (Å²) in [6.07, 6.45) is 1.85. The monoisotopic (exact) mass is 333 g/mol. The number of hydrogen-bond acceptors (Lipinski definition) is 4. The van der Waals surface area contributed by atoms with Crippen molar-refractivity contribution < 1.29 is 9.31 Å². The maximum Gasteiger partial charge on any atom is 0.293 e. The van der Waals surface area contributed by atoms with E-state index >= 15 is 0 Å². The van der Waals surface area contributed by atoms with E-state index in [1.165, 1.54) is 6.07 Å². The number of nitrogens with one attached hydrogen (secondary N) is 1. The first kappa shape index (κ1) is 15.8. The zero-order valence-electron chi connectivity index (χ0n) is 10.9. The van der Waals surface area contributed by atoms with E-state index in [1.807, 2.05) is 14.1 Å². The van der Waals surface area contributed by atoms with Gasteiger partial charge in [0.2, 0.25) is 0 Å². The molecule has 0 amide bonds. The Morgan fingerprint density at radius 3 is 2.68 bits per heavy atom. The summed E-state index contributed by atoms with van der Waals surface area (Å²) >= 11 is 2.94. The molecule has 0 aliphatic carbocycles. The molecule has 1 aromatic rings. The summed E-state index contributed by atoms with van der Waals surface area (Å²) in [5.74, 6) is -0.513. The molecule has 0 spiro atoms. The quantitative estimate of drug-likeness (QED) is 0.472. The lowest BCUT2D eigenvalue weighted by atomic mass is 10.2. The summed E-state index contributed by atoms with van der Waals surface area (Å²) in [6, 6.07) is 2.33. The van der Waals surface area contributed by atoms with Crippen molar-refractivity contribution in [3.8, 4) is 0 Å². The van der Waals surface area contributed by atoms with Crippen molar-refractivity contribution in [1.29, 1.82) is 0 Å². The van der Waals surface area contributed by atoms with Gasteiger partial charge in [0.05, 0.1) is 9.40 Å². The van der Waals surface area contributed by atoms with Crippen LogP contribution >= 0.6 is 15.9 Å². The number of anilines is 1. The van der Waals surface area contributed by atoms with Crippen molar-refractivity contribution in [2.24, 2.45) is 0 Å². The van der Waals surface area contributed by atoms with Crippen LogP contribution in [0.4, 0.5) is 15.8 Å². The van der Waals surface area contributed by atoms with Crippen LogP contribution in [0.25, 0.3) is 0 Å². The fourth-order valence-corrected chi connectivity index (χ4v) is 1.94. The molecule has 0 aliphatic rings. The molecule has 1 N–H and O–H groups in total. The number of halogens is 2. The highest BCUT2D eigenvalue weighted by atomic mass is 79.9. The summed E-state index contributed by atoms with van der Waals surface area (Å²) in [6.45, 7) is 1.54. The first-order valence-electron chi connectivity index (χ1n) is 5.94. The molecule has 0 bridgehead atoms. The average Bonchev–Trinajstić information content (AvgIpc) is 2.32. The molecule has 0 saturated heterocycles. The zero-order valence-corrected chi connectivity index (χ0v) is 12.5. The topological polar surface area (TPSA) is 58.4 Å². The van der Waals surface area contributed by atoms with Crippen LogP contribution in [0, 0.1) is 15.9 Å². The lowest BCUT2D eigenvalue weighted by Crippen LogP contribution is -2.14. The Hall–Kier alpha value is -1.21. The standard InChI is InChI=1S/C12H17BrFN3O2/c1-16(2)6-4-3-5-15-11-8-10(14)9(13)7-12(11)17(18)19/h7-8,15H,3-6H2,1-2H3. The maximum absolute atomic E-state index is 13.4. The van der Waals surface area contributed by atoms with Crippen LogP contribution in [-0.2, 0) is 0 Å². The lowest BCUT2D eigenvalue weighted by molar-refractivity contribution is -0.384. The molecule has 7 heteroatoms. The number of nitrogens with zero attached hydrogens (tertiary/aromatic N) is 2. The van der Waals surface area contributed by atoms with E-state index < -0.39 is 10.7 Å². The van der Waals surface area contributed by atoms with Crippen molar-refractivity contribution in [2.45, 2.75) is 12.8 Å². The van der Waals surface area contributed by atoms with Gasteiger partial charge >= 0.3 is 0 Å². The van der Waals surface area contributed by atoms with E-state index in [4.69, 9.17) is 0 Å². The molecule has 0 unspecified atom stereocenters. The Kier molecular flexibility index (Phi) is 6.17. The van der Waals surface area contributed by atoms with Crippen LogP contribution in [0.5, 0.6) is 0 Å². The van der Waals surface area contributed by atoms with Crippen molar-refractivity contribution in [1.82, 2.24) is 4.90 Å². The molecule has 1 rings (SSSR count). The fraction of sp³-hybridized carbons (Fsp3) is 0.500. The number of hydrogen-bond donors (Lipinski definition) is 1. The number of nitro benzene ring substituents is 1. The van der Waals surface area contributed by atoms with Gasteiger partial charge < -0.3 is 10.2 Å². The van der Waals surface area contributed by atoms with Gasteiger partial charge in [0.15, 0.2) is 0 Å². The molecule has 1 aromatic carbocycles. The highest BCUT2D eigenvalue weighted by Gasteiger charge is 2.16. The third-order valence-electron chi connectivity index (χ3n) is 2.58. The Morgan fingerprint density at radius 2 is 2.11 bits per heavy atom. The highest BCUT2D eigenvalue weighted by molar-refractivity contribution is 9.10. The van der Waals surface area contributed by atoms with Crippen LogP contribution in [-0.4, -0.2) is 37.0 Å². The number of nitro groups is 1. The molecule has 106 valence electrons. The van der Waals surface area contributed by atoms with Crippen LogP contribution in [0.3, 0.4) is 0 Å². The Bertz CT molecular complexity index is 455. The van der Waals surface area contributed by atoms with E-state index in [9.17, 15) is 14.5 Å². The zero-order chi connectivity index (χ0) is 14.4. The minimum Gasteiger partial charge on any atom is -0.379 e. The van der Waals surface area contributed by atoms with Crippen LogP contribution < -0.4 is 5.32 Å². The smallest absolute Gasteiger partial charge is 0.293 e. The first-order valence-corrected chi connectivity index (χ1v) is 6.73. The summed E-state index contributed by atoms with van der Waals surface area (Å²) in [7, 11) is 3.98. The van der Waals surface area contributed by atoms with Gasteiger partial charge in [0.1, 0.15) is 11.5 Å². The molecule has 0 atom stereocenters. The average molecular weight is 334 g/mol. The first-order chi connectivity index (χ1) is 8.91. The summed E-state index contributed by atoms with van der Waals surface area (Å²) in [5, 5.41) is 13.8. The van der Waals surface area contributed by atoms with E-state index in [0.29, 0.717) is 6.54 Å². The van der Waals surface area contributed by atoms with Crippen molar-refractivity contribution >= 4 is 27.3 Å². The second-order valence-corrected chi connectivity index (χ2v) is 5.33. The maximum atomic E-state index is 13.4. The highest BCUT2D eigenvalue weighted by Crippen LogP contribution is 2.30. The van der Waals surface area contributed by atoms with E-state index in [0.717, 1.165) is 25.5 Å². The number of rotatable bonds is 7. The molecule has 19 heavy (non-hydrogen) atoms. The van der Waals surface area contributed by atoms with Crippen LogP contribution in [0.2, 0.25) is 0 Å². The van der Waals surface area contributed by atoms with Gasteiger partial charge in [-0.15, -0.1) is 0 Å². The van der Waals surface area contributed by atoms with E-state index in [2.05, 4.69) is 26.1 Å². The molecule has 0 aromatic heterocycles. The van der Waals surface area contributed by atoms with Gasteiger partial charge in [0, 0.05) is 18.7 Å². The Balaban J connectivity index is 2.62. The van der Waals surface area contributed by atoms with Gasteiger partial charge in [-0.05, 0) is 49.4 Å². The molecular formula is C12H17BrFN3O2. The minimum atomic E-state index is -0.521. The van der Waals surface area contributed by atoms with Gasteiger partial charge in [-0.1, -0.05) is 0 Å². The summed E-state index contributed by atoms with van der Waals surface area (Å²) < 4.78 is 13.5. The molecule has 0 heterocycles. The third-order valence-corrected chi connectivity index (χ3v) is 3.19. The fourth-order valence-electron chi connectivity index (χ4n) is 1.61. The molecule has 0 fully saturated rings. The molecule has 0 radical (unpaired) electrons. The molecule has 0 aliphatic heterocycles. The van der Waals surface area contributed by atoms with Gasteiger partial charge in [0.25, 0.3) is 5.69 Å². The van der Waals surface area contributed by atoms with Crippen molar-refractivity contribution in [3.63, 3.8) is 0 Å². The predicted octanol–water partition coefficient (Wildman–Crippen LogP) is 3.25. The molecular weight excluding hydrogens is 317 g/mol. The largest absolute Gasteiger partial charge is 0.379 e. The van der Waals surface area contributed by atoms with Gasteiger partial charge in [-0.3, -0.25) is 10.1 Å². The Morgan fingerprint density at radius 1 is 1.42 bits per heavy atom. The van der Waals surface area contributed by atoms with Crippen molar-refractivity contribution in [3.05, 3.63) is 32.5 Å². The van der Waals surface area contributed by atoms with E-state index in [-0.39, 0.29) is 15.8 Å². The number of benzene rings is 1. The minimum absolute atomic E-state index is 0.0948. The Labute approximate surface area is 120 Å². The van der Waals surface area contributed by atoms with Crippen molar-refractivity contribution in [2.75, 3.05) is 32.5 Å². The SMILES string of the molecule is CN(C)CCCCNc1cc(F)c(Br)cc1[N+](=O)[O-]. The van der Waals surface area contributed by atoms with Gasteiger partial charge in [-0.25, -0.2) is 4.39 Å². The lowest BCUT2D eigenvalue weighted by Gasteiger charge is -2.10. The predicted molar refractivity (Wildman–Crippen MR) is 77.0 cm³/mol. The number of unbranched alkanes of at least 4 members (excludes halogenated alkanes) is 1. The van der Waals surface area contributed by atoms with Crippen LogP contribution in [0.15, 0.2) is 16.6 Å². The summed E-state index contributed by atoms with van der Waals surface area (Å²) in [4.78, 5) is 12.4. The second-order valence-electron chi connectivity index (χ2n) is 4.48.